The van der Waals surface area contributed by atoms with Gasteiger partial charge in [0.05, 0.1) is 0 Å². The first-order valence-corrected chi connectivity index (χ1v) is 8.48. The highest BCUT2D eigenvalue weighted by Crippen LogP contribution is 2.39. The molecule has 3 atom stereocenters. The zero-order valence-electron chi connectivity index (χ0n) is 13.9. The van der Waals surface area contributed by atoms with E-state index in [4.69, 9.17) is 9.26 Å². The van der Waals surface area contributed by atoms with Crippen LogP contribution in [0.2, 0.25) is 0 Å². The molecule has 0 aliphatic carbocycles. The highest BCUT2D eigenvalue weighted by Gasteiger charge is 2.40. The molecule has 24 heavy (non-hydrogen) atoms. The predicted molar refractivity (Wildman–Crippen MR) is 86.9 cm³/mol. The van der Waals surface area contributed by atoms with E-state index in [2.05, 4.69) is 17.1 Å². The molecule has 6 nitrogen and oxygen atoms in total. The molecular weight excluding hydrogens is 306 g/mol. The second kappa shape index (κ2) is 5.92. The number of rotatable bonds is 2. The number of aromatic nitrogens is 2. The molecule has 1 fully saturated rings. The normalized spacial score (nSPS) is 26.1. The van der Waals surface area contributed by atoms with Gasteiger partial charge in [-0.3, -0.25) is 4.79 Å². The molecule has 0 radical (unpaired) electrons. The van der Waals surface area contributed by atoms with Crippen molar-refractivity contribution in [2.45, 2.75) is 44.6 Å². The van der Waals surface area contributed by atoms with Gasteiger partial charge in [-0.05, 0) is 18.9 Å². The number of piperidine rings is 1. The van der Waals surface area contributed by atoms with Crippen LogP contribution in [0.3, 0.4) is 0 Å². The molecule has 1 aromatic carbocycles. The number of nitrogens with zero attached hydrogens (tertiary/aromatic N) is 3. The minimum absolute atomic E-state index is 0.0589. The largest absolute Gasteiger partial charge is 0.480 e. The van der Waals surface area contributed by atoms with Crippen LogP contribution in [0.25, 0.3) is 0 Å². The van der Waals surface area contributed by atoms with Crippen molar-refractivity contribution in [2.24, 2.45) is 0 Å². The van der Waals surface area contributed by atoms with Crippen LogP contribution in [0, 0.1) is 6.92 Å². The Labute approximate surface area is 140 Å². The number of hydrogen-bond acceptors (Lipinski definition) is 5. The summed E-state index contributed by atoms with van der Waals surface area (Å²) in [7, 11) is 0. The molecule has 2 aliphatic heterocycles. The molecule has 1 saturated heterocycles. The van der Waals surface area contributed by atoms with E-state index in [0.29, 0.717) is 18.3 Å². The van der Waals surface area contributed by atoms with Crippen molar-refractivity contribution in [3.8, 4) is 5.75 Å². The van der Waals surface area contributed by atoms with Crippen LogP contribution in [-0.2, 0) is 4.79 Å². The summed E-state index contributed by atoms with van der Waals surface area (Å²) in [5, 5.41) is 4.02. The highest BCUT2D eigenvalue weighted by atomic mass is 16.5. The Hall–Kier alpha value is -2.37. The average Bonchev–Trinajstić information content (AvgIpc) is 3.19. The second-order valence-corrected chi connectivity index (χ2v) is 6.66. The number of aryl methyl sites for hydroxylation is 1. The first kappa shape index (κ1) is 15.2. The smallest absolute Gasteiger partial charge is 0.264 e. The van der Waals surface area contributed by atoms with Gasteiger partial charge >= 0.3 is 0 Å². The zero-order chi connectivity index (χ0) is 16.7. The van der Waals surface area contributed by atoms with Crippen molar-refractivity contribution in [3.05, 3.63) is 41.5 Å². The van der Waals surface area contributed by atoms with E-state index >= 15 is 0 Å². The van der Waals surface area contributed by atoms with Crippen LogP contribution in [0.4, 0.5) is 0 Å². The highest BCUT2D eigenvalue weighted by molar-refractivity contribution is 5.83. The summed E-state index contributed by atoms with van der Waals surface area (Å²) in [4.78, 5) is 19.2. The van der Waals surface area contributed by atoms with E-state index in [-0.39, 0.29) is 17.7 Å². The number of fused-ring (bicyclic) bond motifs is 1. The third-order valence-electron chi connectivity index (χ3n) is 5.00. The molecule has 1 aromatic heterocycles. The van der Waals surface area contributed by atoms with E-state index in [1.807, 2.05) is 29.2 Å². The summed E-state index contributed by atoms with van der Waals surface area (Å²) in [6, 6.07) is 7.89. The third-order valence-corrected chi connectivity index (χ3v) is 5.00. The summed E-state index contributed by atoms with van der Waals surface area (Å²) < 4.78 is 11.0. The van der Waals surface area contributed by atoms with Gasteiger partial charge in [0.2, 0.25) is 5.89 Å². The van der Waals surface area contributed by atoms with Crippen LogP contribution in [0.5, 0.6) is 5.75 Å². The van der Waals surface area contributed by atoms with E-state index in [1.54, 1.807) is 6.92 Å². The van der Waals surface area contributed by atoms with Crippen molar-refractivity contribution < 1.29 is 14.1 Å². The van der Waals surface area contributed by atoms with Crippen LogP contribution >= 0.6 is 0 Å². The van der Waals surface area contributed by atoms with Crippen molar-refractivity contribution in [1.29, 1.82) is 0 Å². The van der Waals surface area contributed by atoms with Gasteiger partial charge in [0.15, 0.2) is 11.9 Å². The van der Waals surface area contributed by atoms with Crippen molar-refractivity contribution in [3.63, 3.8) is 0 Å². The van der Waals surface area contributed by atoms with Crippen molar-refractivity contribution in [1.82, 2.24) is 15.0 Å². The van der Waals surface area contributed by atoms with Gasteiger partial charge in [-0.2, -0.15) is 4.98 Å². The number of carbonyl (C=O) groups excluding carboxylic acids is 1. The Morgan fingerprint density at radius 1 is 1.33 bits per heavy atom. The molecule has 0 N–H and O–H groups in total. The van der Waals surface area contributed by atoms with Gasteiger partial charge in [0, 0.05) is 37.4 Å². The van der Waals surface area contributed by atoms with Gasteiger partial charge in [-0.15, -0.1) is 0 Å². The van der Waals surface area contributed by atoms with Gasteiger partial charge in [0.1, 0.15) is 5.75 Å². The number of likely N-dealkylation sites (tertiary alicyclic amines) is 1. The third kappa shape index (κ3) is 2.56. The molecule has 4 rings (SSSR count). The lowest BCUT2D eigenvalue weighted by Crippen LogP contribution is -2.46. The minimum atomic E-state index is -0.437. The molecule has 0 spiro atoms. The summed E-state index contributed by atoms with van der Waals surface area (Å²) in [5.41, 5.74) is 1.11. The molecule has 6 heteroatoms. The molecule has 2 aromatic rings. The molecule has 0 bridgehead atoms. The molecule has 0 saturated carbocycles. The van der Waals surface area contributed by atoms with Crippen LogP contribution < -0.4 is 4.74 Å². The zero-order valence-corrected chi connectivity index (χ0v) is 13.9. The van der Waals surface area contributed by atoms with Crippen molar-refractivity contribution >= 4 is 5.91 Å². The number of ether oxygens (including phenoxy) is 1. The van der Waals surface area contributed by atoms with Gasteiger partial charge < -0.3 is 14.2 Å². The fourth-order valence-electron chi connectivity index (χ4n) is 3.68. The van der Waals surface area contributed by atoms with Gasteiger partial charge in [-0.25, -0.2) is 0 Å². The van der Waals surface area contributed by atoms with Gasteiger partial charge in [0.25, 0.3) is 5.91 Å². The lowest BCUT2D eigenvalue weighted by molar-refractivity contribution is -0.140. The van der Waals surface area contributed by atoms with E-state index < -0.39 is 6.10 Å². The molecule has 2 aliphatic rings. The SMILES string of the molecule is Cc1nc(C2CCCN(C(=O)C3Oc4ccccc4C3C)C2)no1. The predicted octanol–water partition coefficient (Wildman–Crippen LogP) is 2.65. The number of para-hydroxylation sites is 1. The van der Waals surface area contributed by atoms with E-state index in [1.165, 1.54) is 0 Å². The fourth-order valence-corrected chi connectivity index (χ4v) is 3.68. The lowest BCUT2D eigenvalue weighted by atomic mass is 9.94. The Kier molecular flexibility index (Phi) is 3.75. The summed E-state index contributed by atoms with van der Waals surface area (Å²) in [6.45, 7) is 5.22. The summed E-state index contributed by atoms with van der Waals surface area (Å²) in [5.74, 6) is 2.36. The number of carbonyl (C=O) groups is 1. The molecule has 3 unspecified atom stereocenters. The average molecular weight is 327 g/mol. The summed E-state index contributed by atoms with van der Waals surface area (Å²) >= 11 is 0. The maximum absolute atomic E-state index is 13.0. The fraction of sp³-hybridized carbons (Fsp3) is 0.500. The first-order chi connectivity index (χ1) is 11.6. The second-order valence-electron chi connectivity index (χ2n) is 6.66. The molecular formula is C18H21N3O3. The monoisotopic (exact) mass is 327 g/mol. The Bertz CT molecular complexity index is 757. The van der Waals surface area contributed by atoms with E-state index in [0.717, 1.165) is 30.7 Å². The van der Waals surface area contributed by atoms with E-state index in [9.17, 15) is 4.79 Å². The molecule has 126 valence electrons. The Morgan fingerprint density at radius 2 is 2.17 bits per heavy atom. The quantitative estimate of drug-likeness (QED) is 0.848. The maximum Gasteiger partial charge on any atom is 0.264 e. The topological polar surface area (TPSA) is 68.5 Å². The Balaban J connectivity index is 1.49. The van der Waals surface area contributed by atoms with Crippen molar-refractivity contribution in [2.75, 3.05) is 13.1 Å². The minimum Gasteiger partial charge on any atom is -0.480 e. The molecule has 1 amide bonds. The standard InChI is InChI=1S/C18H21N3O3/c1-11-14-7-3-4-8-15(14)23-16(11)18(22)21-9-5-6-13(10-21)17-19-12(2)24-20-17/h3-4,7-8,11,13,16H,5-6,9-10H2,1-2H3. The van der Waals surface area contributed by atoms with Gasteiger partial charge in [-0.1, -0.05) is 30.3 Å². The Morgan fingerprint density at radius 3 is 2.92 bits per heavy atom. The number of benzene rings is 1. The first-order valence-electron chi connectivity index (χ1n) is 8.48. The lowest BCUT2D eigenvalue weighted by Gasteiger charge is -2.33. The number of amides is 1. The maximum atomic E-state index is 13.0. The van der Waals surface area contributed by atoms with Crippen LogP contribution in [0.1, 0.15) is 48.9 Å². The number of hydrogen-bond donors (Lipinski definition) is 0. The summed E-state index contributed by atoms with van der Waals surface area (Å²) in [6.07, 6.45) is 1.48. The van der Waals surface area contributed by atoms with Crippen LogP contribution in [-0.4, -0.2) is 40.1 Å². The van der Waals surface area contributed by atoms with Crippen LogP contribution in [0.15, 0.2) is 28.8 Å². The molecule has 3 heterocycles.